The van der Waals surface area contributed by atoms with Crippen molar-refractivity contribution < 1.29 is 14.5 Å². The molecule has 1 saturated heterocycles. The molecule has 11 heteroatoms. The Kier molecular flexibility index (Phi) is 6.88. The number of nitrogens with one attached hydrogen (secondary N) is 2. The number of morpholine rings is 1. The minimum Gasteiger partial charge on any atom is -0.378 e. The van der Waals surface area contributed by atoms with E-state index in [-0.39, 0.29) is 16.4 Å². The molecule has 1 amide bonds. The average molecular weight is 486 g/mol. The molecule has 1 aliphatic heterocycles. The normalized spacial score (nSPS) is 17.6. The first-order valence-electron chi connectivity index (χ1n) is 10.7. The topological polar surface area (TPSA) is 121 Å². The van der Waals surface area contributed by atoms with E-state index in [1.807, 2.05) is 4.90 Å². The number of thiophene rings is 1. The summed E-state index contributed by atoms with van der Waals surface area (Å²) in [4.78, 5) is 27.0. The van der Waals surface area contributed by atoms with Crippen molar-refractivity contribution >= 4 is 51.0 Å². The summed E-state index contributed by atoms with van der Waals surface area (Å²) in [7, 11) is 0. The zero-order valence-electron chi connectivity index (χ0n) is 18.1. The summed E-state index contributed by atoms with van der Waals surface area (Å²) in [6.07, 6.45) is 2.81. The lowest BCUT2D eigenvalue weighted by Crippen LogP contribution is -2.39. The van der Waals surface area contributed by atoms with Crippen molar-refractivity contribution in [3.63, 3.8) is 0 Å². The Morgan fingerprint density at radius 3 is 2.85 bits per heavy atom. The molecule has 0 radical (unpaired) electrons. The van der Waals surface area contributed by atoms with Gasteiger partial charge in [0.15, 0.2) is 5.11 Å². The number of nitriles is 1. The van der Waals surface area contributed by atoms with Crippen molar-refractivity contribution in [2.24, 2.45) is 5.92 Å². The molecule has 2 N–H and O–H groups in total. The number of carbonyl (C=O) groups is 1. The highest BCUT2D eigenvalue weighted by Gasteiger charge is 2.26. The van der Waals surface area contributed by atoms with Gasteiger partial charge in [0.1, 0.15) is 11.1 Å². The first kappa shape index (κ1) is 23.1. The highest BCUT2D eigenvalue weighted by Crippen LogP contribution is 2.39. The van der Waals surface area contributed by atoms with E-state index in [2.05, 4.69) is 23.6 Å². The van der Waals surface area contributed by atoms with Gasteiger partial charge < -0.3 is 15.0 Å². The van der Waals surface area contributed by atoms with Crippen LogP contribution in [-0.4, -0.2) is 42.2 Å². The van der Waals surface area contributed by atoms with Gasteiger partial charge in [-0.3, -0.25) is 20.2 Å². The lowest BCUT2D eigenvalue weighted by molar-refractivity contribution is -0.384. The molecular weight excluding hydrogens is 462 g/mol. The number of fused-ring (bicyclic) bond motifs is 1. The van der Waals surface area contributed by atoms with Gasteiger partial charge in [0.2, 0.25) is 0 Å². The fraction of sp³-hybridized carbons (Fsp3) is 0.409. The third-order valence-electron chi connectivity index (χ3n) is 5.86. The number of carbonyl (C=O) groups excluding carboxylic acids is 1. The predicted molar refractivity (Wildman–Crippen MR) is 130 cm³/mol. The maximum atomic E-state index is 13.1. The van der Waals surface area contributed by atoms with E-state index in [4.69, 9.17) is 17.0 Å². The SMILES string of the molecule is C[C@@H]1CCc2c(sc(NC(=S)NC(=O)c3cc([N+](=O)[O-])ccc3N3CCOCC3)c2C#N)C1. The first-order valence-corrected chi connectivity index (χ1v) is 11.9. The number of nitro groups is 1. The largest absolute Gasteiger partial charge is 0.378 e. The highest BCUT2D eigenvalue weighted by molar-refractivity contribution is 7.80. The van der Waals surface area contributed by atoms with Crippen LogP contribution < -0.4 is 15.5 Å². The van der Waals surface area contributed by atoms with Gasteiger partial charge in [-0.25, -0.2) is 0 Å². The number of amides is 1. The molecule has 1 atom stereocenters. The summed E-state index contributed by atoms with van der Waals surface area (Å²) in [6.45, 7) is 4.36. The molecular formula is C22H23N5O4S2. The molecule has 1 fully saturated rings. The lowest BCUT2D eigenvalue weighted by atomic mass is 9.89. The summed E-state index contributed by atoms with van der Waals surface area (Å²) in [6, 6.07) is 6.49. The quantitative estimate of drug-likeness (QED) is 0.383. The standard InChI is InChI=1S/C22H23N5O4S2/c1-13-2-4-15-17(12-23)21(33-19(15)10-13)25-22(32)24-20(28)16-11-14(27(29)30)3-5-18(16)26-6-8-31-9-7-26/h3,5,11,13H,2,4,6-10H2,1H3,(H2,24,25,28,32)/t13-/m1/s1. The number of ether oxygens (including phenoxy) is 1. The zero-order chi connectivity index (χ0) is 23.5. The number of anilines is 2. The van der Waals surface area contributed by atoms with Gasteiger partial charge in [0.05, 0.1) is 35.0 Å². The molecule has 2 aliphatic rings. The fourth-order valence-corrected chi connectivity index (χ4v) is 5.79. The number of hydrogen-bond acceptors (Lipinski definition) is 8. The van der Waals surface area contributed by atoms with Gasteiger partial charge in [0, 0.05) is 30.1 Å². The van der Waals surface area contributed by atoms with Gasteiger partial charge in [-0.1, -0.05) is 6.92 Å². The second kappa shape index (κ2) is 9.82. The molecule has 1 aromatic carbocycles. The summed E-state index contributed by atoms with van der Waals surface area (Å²) >= 11 is 6.84. The second-order valence-electron chi connectivity index (χ2n) is 8.13. The number of thiocarbonyl (C=S) groups is 1. The van der Waals surface area contributed by atoms with E-state index in [0.717, 1.165) is 24.8 Å². The van der Waals surface area contributed by atoms with Crippen LogP contribution in [0.1, 0.15) is 39.7 Å². The molecule has 4 rings (SSSR count). The average Bonchev–Trinajstić information content (AvgIpc) is 3.14. The number of nitro benzene ring substituents is 1. The molecule has 0 spiro atoms. The van der Waals surface area contributed by atoms with E-state index in [9.17, 15) is 20.2 Å². The molecule has 2 heterocycles. The molecule has 33 heavy (non-hydrogen) atoms. The van der Waals surface area contributed by atoms with E-state index < -0.39 is 10.8 Å². The van der Waals surface area contributed by atoms with Crippen molar-refractivity contribution in [2.75, 3.05) is 36.5 Å². The summed E-state index contributed by atoms with van der Waals surface area (Å²) in [5, 5.41) is 27.3. The first-order chi connectivity index (χ1) is 15.9. The van der Waals surface area contributed by atoms with Gasteiger partial charge >= 0.3 is 0 Å². The van der Waals surface area contributed by atoms with Crippen molar-refractivity contribution in [1.82, 2.24) is 5.32 Å². The van der Waals surface area contributed by atoms with E-state index in [1.54, 1.807) is 6.07 Å². The van der Waals surface area contributed by atoms with E-state index in [1.165, 1.54) is 28.3 Å². The van der Waals surface area contributed by atoms with E-state index in [0.29, 0.717) is 48.5 Å². The molecule has 0 bridgehead atoms. The van der Waals surface area contributed by atoms with Crippen molar-refractivity contribution in [1.29, 1.82) is 5.26 Å². The maximum Gasteiger partial charge on any atom is 0.270 e. The number of benzene rings is 1. The molecule has 0 saturated carbocycles. The van der Waals surface area contributed by atoms with E-state index >= 15 is 0 Å². The predicted octanol–water partition coefficient (Wildman–Crippen LogP) is 3.62. The molecule has 9 nitrogen and oxygen atoms in total. The highest BCUT2D eigenvalue weighted by atomic mass is 32.1. The Labute approximate surface area is 200 Å². The zero-order valence-corrected chi connectivity index (χ0v) is 19.7. The van der Waals surface area contributed by atoms with Crippen LogP contribution in [-0.2, 0) is 17.6 Å². The Balaban J connectivity index is 1.55. The molecule has 1 aliphatic carbocycles. The molecule has 0 unspecified atom stereocenters. The summed E-state index contributed by atoms with van der Waals surface area (Å²) in [5.41, 5.74) is 2.20. The third kappa shape index (κ3) is 4.98. The molecule has 2 aromatic rings. The van der Waals surface area contributed by atoms with Crippen molar-refractivity contribution in [3.8, 4) is 6.07 Å². The van der Waals surface area contributed by atoms with Gasteiger partial charge in [-0.2, -0.15) is 5.26 Å². The fourth-order valence-electron chi connectivity index (χ4n) is 4.16. The van der Waals surface area contributed by atoms with Crippen LogP contribution in [0.15, 0.2) is 18.2 Å². The van der Waals surface area contributed by atoms with Crippen LogP contribution in [0, 0.1) is 27.4 Å². The smallest absolute Gasteiger partial charge is 0.270 e. The second-order valence-corrected chi connectivity index (χ2v) is 9.65. The Hall–Kier alpha value is -3.07. The van der Waals surface area contributed by atoms with Crippen molar-refractivity contribution in [2.45, 2.75) is 26.2 Å². The summed E-state index contributed by atoms with van der Waals surface area (Å²) < 4.78 is 5.37. The minimum atomic E-state index is -0.550. The van der Waals surface area contributed by atoms with Gasteiger partial charge in [-0.05, 0) is 49.0 Å². The molecule has 1 aromatic heterocycles. The van der Waals surface area contributed by atoms with Crippen LogP contribution in [0.25, 0.3) is 0 Å². The Bertz CT molecular complexity index is 1150. The van der Waals surface area contributed by atoms with Gasteiger partial charge in [0.25, 0.3) is 11.6 Å². The number of rotatable bonds is 4. The number of hydrogen-bond donors (Lipinski definition) is 2. The van der Waals surface area contributed by atoms with Crippen LogP contribution in [0.5, 0.6) is 0 Å². The van der Waals surface area contributed by atoms with Crippen LogP contribution in [0.2, 0.25) is 0 Å². The third-order valence-corrected chi connectivity index (χ3v) is 7.24. The Morgan fingerprint density at radius 1 is 1.39 bits per heavy atom. The minimum absolute atomic E-state index is 0.0441. The van der Waals surface area contributed by atoms with Crippen LogP contribution in [0.4, 0.5) is 16.4 Å². The molecule has 172 valence electrons. The van der Waals surface area contributed by atoms with Gasteiger partial charge in [-0.15, -0.1) is 11.3 Å². The van der Waals surface area contributed by atoms with Crippen molar-refractivity contribution in [3.05, 3.63) is 49.9 Å². The maximum absolute atomic E-state index is 13.1. The summed E-state index contributed by atoms with van der Waals surface area (Å²) in [5.74, 6) is 0.0146. The Morgan fingerprint density at radius 2 is 2.15 bits per heavy atom. The van der Waals surface area contributed by atoms with Crippen LogP contribution >= 0.6 is 23.6 Å². The number of nitrogens with zero attached hydrogens (tertiary/aromatic N) is 3. The number of non-ortho nitro benzene ring substituents is 1. The van der Waals surface area contributed by atoms with Crippen LogP contribution in [0.3, 0.4) is 0 Å². The monoisotopic (exact) mass is 485 g/mol. The lowest BCUT2D eigenvalue weighted by Gasteiger charge is -2.30.